The van der Waals surface area contributed by atoms with Crippen LogP contribution in [0, 0.1) is 0 Å². The summed E-state index contributed by atoms with van der Waals surface area (Å²) in [6.07, 6.45) is 0. The molecule has 1 unspecified atom stereocenters. The molecule has 1 nitrogen and oxygen atoms in total. The van der Waals surface area contributed by atoms with Gasteiger partial charge in [0.15, 0.2) is 0 Å². The van der Waals surface area contributed by atoms with Crippen LogP contribution in [0.2, 0.25) is 10.0 Å². The summed E-state index contributed by atoms with van der Waals surface area (Å²) < 4.78 is 13.7. The SMILES string of the molecule is CC(F)(CN)c1cccc(Cl)c1Cl. The first-order chi connectivity index (χ1) is 5.99. The van der Waals surface area contributed by atoms with Crippen LogP contribution >= 0.6 is 23.2 Å². The lowest BCUT2D eigenvalue weighted by Gasteiger charge is -2.20. The first kappa shape index (κ1) is 10.8. The van der Waals surface area contributed by atoms with Crippen LogP contribution in [-0.4, -0.2) is 6.54 Å². The molecule has 1 atom stereocenters. The average molecular weight is 222 g/mol. The number of alkyl halides is 1. The van der Waals surface area contributed by atoms with Crippen molar-refractivity contribution in [2.45, 2.75) is 12.6 Å². The molecule has 0 aromatic heterocycles. The van der Waals surface area contributed by atoms with Gasteiger partial charge in [-0.15, -0.1) is 0 Å². The monoisotopic (exact) mass is 221 g/mol. The van der Waals surface area contributed by atoms with E-state index in [-0.39, 0.29) is 11.6 Å². The van der Waals surface area contributed by atoms with E-state index in [2.05, 4.69) is 0 Å². The van der Waals surface area contributed by atoms with Crippen LogP contribution in [0.25, 0.3) is 0 Å². The molecule has 0 fully saturated rings. The molecule has 0 bridgehead atoms. The summed E-state index contributed by atoms with van der Waals surface area (Å²) in [4.78, 5) is 0. The van der Waals surface area contributed by atoms with E-state index in [0.29, 0.717) is 10.6 Å². The van der Waals surface area contributed by atoms with Gasteiger partial charge in [-0.2, -0.15) is 0 Å². The van der Waals surface area contributed by atoms with Crippen LogP contribution < -0.4 is 5.73 Å². The Morgan fingerprint density at radius 2 is 2.08 bits per heavy atom. The van der Waals surface area contributed by atoms with Crippen molar-refractivity contribution in [1.82, 2.24) is 0 Å². The quantitative estimate of drug-likeness (QED) is 0.817. The predicted molar refractivity (Wildman–Crippen MR) is 54.0 cm³/mol. The van der Waals surface area contributed by atoms with Gasteiger partial charge in [0.25, 0.3) is 0 Å². The molecule has 4 heteroatoms. The Bertz CT molecular complexity index is 312. The smallest absolute Gasteiger partial charge is 0.146 e. The Morgan fingerprint density at radius 3 is 2.62 bits per heavy atom. The normalized spacial score (nSPS) is 15.5. The van der Waals surface area contributed by atoms with E-state index in [1.54, 1.807) is 18.2 Å². The second kappa shape index (κ2) is 3.82. The van der Waals surface area contributed by atoms with Gasteiger partial charge in [0.2, 0.25) is 0 Å². The second-order valence-corrected chi connectivity index (χ2v) is 3.79. The van der Waals surface area contributed by atoms with Gasteiger partial charge >= 0.3 is 0 Å². The van der Waals surface area contributed by atoms with E-state index in [0.717, 1.165) is 0 Å². The first-order valence-electron chi connectivity index (χ1n) is 3.82. The topological polar surface area (TPSA) is 26.0 Å². The number of nitrogens with two attached hydrogens (primary N) is 1. The third-order valence-electron chi connectivity index (χ3n) is 1.90. The van der Waals surface area contributed by atoms with Gasteiger partial charge < -0.3 is 5.73 Å². The van der Waals surface area contributed by atoms with Gasteiger partial charge in [0.05, 0.1) is 10.0 Å². The predicted octanol–water partition coefficient (Wildman–Crippen LogP) is 3.14. The second-order valence-electron chi connectivity index (χ2n) is 3.00. The lowest BCUT2D eigenvalue weighted by atomic mass is 9.98. The van der Waals surface area contributed by atoms with E-state index in [1.807, 2.05) is 0 Å². The maximum absolute atomic E-state index is 13.7. The fourth-order valence-corrected chi connectivity index (χ4v) is 1.51. The molecule has 0 amide bonds. The Kier molecular flexibility index (Phi) is 3.17. The molecule has 0 radical (unpaired) electrons. The molecule has 2 N–H and O–H groups in total. The summed E-state index contributed by atoms with van der Waals surface area (Å²) in [5.74, 6) is 0. The van der Waals surface area contributed by atoms with Crippen LogP contribution in [0.1, 0.15) is 12.5 Å². The maximum Gasteiger partial charge on any atom is 0.146 e. The average Bonchev–Trinajstić information content (AvgIpc) is 2.09. The van der Waals surface area contributed by atoms with E-state index in [1.165, 1.54) is 6.92 Å². The molecule has 0 saturated heterocycles. The third-order valence-corrected chi connectivity index (χ3v) is 2.72. The molecule has 13 heavy (non-hydrogen) atoms. The Morgan fingerprint density at radius 1 is 1.46 bits per heavy atom. The zero-order valence-electron chi connectivity index (χ0n) is 7.15. The van der Waals surface area contributed by atoms with Gasteiger partial charge in [-0.3, -0.25) is 0 Å². The zero-order valence-corrected chi connectivity index (χ0v) is 8.66. The van der Waals surface area contributed by atoms with Crippen molar-refractivity contribution in [3.05, 3.63) is 33.8 Å². The lowest BCUT2D eigenvalue weighted by molar-refractivity contribution is 0.203. The third kappa shape index (κ3) is 2.13. The minimum absolute atomic E-state index is 0.118. The van der Waals surface area contributed by atoms with Gasteiger partial charge in [0.1, 0.15) is 5.67 Å². The summed E-state index contributed by atoms with van der Waals surface area (Å²) in [5.41, 5.74) is 3.99. The highest BCUT2D eigenvalue weighted by Crippen LogP contribution is 2.34. The molecule has 1 aromatic carbocycles. The van der Waals surface area contributed by atoms with Crippen molar-refractivity contribution in [2.24, 2.45) is 5.73 Å². The lowest BCUT2D eigenvalue weighted by Crippen LogP contribution is -2.26. The van der Waals surface area contributed by atoms with Crippen molar-refractivity contribution in [2.75, 3.05) is 6.54 Å². The van der Waals surface area contributed by atoms with E-state index in [4.69, 9.17) is 28.9 Å². The van der Waals surface area contributed by atoms with Crippen molar-refractivity contribution < 1.29 is 4.39 Å². The van der Waals surface area contributed by atoms with Gasteiger partial charge in [-0.25, -0.2) is 4.39 Å². The van der Waals surface area contributed by atoms with Gasteiger partial charge in [-0.1, -0.05) is 35.3 Å². The van der Waals surface area contributed by atoms with Crippen LogP contribution in [0.5, 0.6) is 0 Å². The Balaban J connectivity index is 3.22. The van der Waals surface area contributed by atoms with Crippen LogP contribution in [0.15, 0.2) is 18.2 Å². The van der Waals surface area contributed by atoms with E-state index < -0.39 is 5.67 Å². The maximum atomic E-state index is 13.7. The highest BCUT2D eigenvalue weighted by molar-refractivity contribution is 6.42. The summed E-state index contributed by atoms with van der Waals surface area (Å²) in [7, 11) is 0. The largest absolute Gasteiger partial charge is 0.327 e. The summed E-state index contributed by atoms with van der Waals surface area (Å²) in [5, 5.41) is 0.580. The molecule has 0 aliphatic heterocycles. The highest BCUT2D eigenvalue weighted by Gasteiger charge is 2.27. The Labute approximate surface area is 86.6 Å². The fourth-order valence-electron chi connectivity index (χ4n) is 1.02. The molecule has 1 aromatic rings. The molecule has 0 saturated carbocycles. The van der Waals surface area contributed by atoms with Crippen molar-refractivity contribution in [1.29, 1.82) is 0 Å². The fraction of sp³-hybridized carbons (Fsp3) is 0.333. The number of hydrogen-bond donors (Lipinski definition) is 1. The Hall–Kier alpha value is -0.310. The standard InChI is InChI=1S/C9H10Cl2FN/c1-9(12,5-13)6-3-2-4-7(10)8(6)11/h2-4H,5,13H2,1H3. The van der Waals surface area contributed by atoms with Gasteiger partial charge in [-0.05, 0) is 13.0 Å². The molecule has 0 spiro atoms. The molecular formula is C9H10Cl2FN. The van der Waals surface area contributed by atoms with E-state index in [9.17, 15) is 4.39 Å². The zero-order chi connectivity index (χ0) is 10.1. The van der Waals surface area contributed by atoms with E-state index >= 15 is 0 Å². The van der Waals surface area contributed by atoms with Crippen LogP contribution in [-0.2, 0) is 5.67 Å². The molecule has 0 heterocycles. The number of benzene rings is 1. The summed E-state index contributed by atoms with van der Waals surface area (Å²) >= 11 is 11.6. The highest BCUT2D eigenvalue weighted by atomic mass is 35.5. The van der Waals surface area contributed by atoms with Crippen LogP contribution in [0.4, 0.5) is 4.39 Å². The summed E-state index contributed by atoms with van der Waals surface area (Å²) in [6.45, 7) is 1.26. The summed E-state index contributed by atoms with van der Waals surface area (Å²) in [6, 6.07) is 4.85. The molecule has 0 aliphatic rings. The van der Waals surface area contributed by atoms with Crippen molar-refractivity contribution in [3.63, 3.8) is 0 Å². The molecule has 72 valence electrons. The first-order valence-corrected chi connectivity index (χ1v) is 4.58. The minimum atomic E-state index is -1.62. The van der Waals surface area contributed by atoms with Crippen molar-refractivity contribution >= 4 is 23.2 Å². The number of rotatable bonds is 2. The number of hydrogen-bond acceptors (Lipinski definition) is 1. The molecular weight excluding hydrogens is 212 g/mol. The minimum Gasteiger partial charge on any atom is -0.327 e. The van der Waals surface area contributed by atoms with Gasteiger partial charge in [0, 0.05) is 12.1 Å². The van der Waals surface area contributed by atoms with Crippen LogP contribution in [0.3, 0.4) is 0 Å². The van der Waals surface area contributed by atoms with Crippen molar-refractivity contribution in [3.8, 4) is 0 Å². The molecule has 1 rings (SSSR count). The molecule has 0 aliphatic carbocycles. The number of halogens is 3.